The number of pyridine rings is 1. The molecule has 0 unspecified atom stereocenters. The van der Waals surface area contributed by atoms with Crippen LogP contribution in [0.2, 0.25) is 0 Å². The zero-order valence-electron chi connectivity index (χ0n) is 20.5. The fraction of sp³-hybridized carbons (Fsp3) is 0.375. The Morgan fingerprint density at radius 2 is 1.97 bits per heavy atom. The summed E-state index contributed by atoms with van der Waals surface area (Å²) in [4.78, 5) is 17.6. The summed E-state index contributed by atoms with van der Waals surface area (Å²) in [5.41, 5.74) is 11.1. The number of amidine groups is 1. The third kappa shape index (κ3) is 5.29. The molecule has 0 radical (unpaired) electrons. The highest BCUT2D eigenvalue weighted by Gasteiger charge is 2.34. The lowest BCUT2D eigenvalue weighted by atomic mass is 10.0. The van der Waals surface area contributed by atoms with Crippen LogP contribution in [0.25, 0.3) is 22.4 Å². The average Bonchev–Trinajstić information content (AvgIpc) is 3.61. The Balaban J connectivity index is 1.85. The van der Waals surface area contributed by atoms with Gasteiger partial charge in [-0.15, -0.1) is 0 Å². The van der Waals surface area contributed by atoms with E-state index in [1.807, 2.05) is 37.3 Å². The predicted molar refractivity (Wildman–Crippen MR) is 140 cm³/mol. The minimum absolute atomic E-state index is 0.145. The molecule has 3 aromatic rings. The molecule has 2 aromatic heterocycles. The molecule has 0 spiro atoms. The number of benzene rings is 1. The van der Waals surface area contributed by atoms with Crippen LogP contribution < -0.4 is 26.7 Å². The van der Waals surface area contributed by atoms with Crippen molar-refractivity contribution in [2.75, 3.05) is 24.2 Å². The van der Waals surface area contributed by atoms with Gasteiger partial charge in [0.15, 0.2) is 0 Å². The molecule has 1 aromatic carbocycles. The molecular formula is C24H31N7O4S. The lowest BCUT2D eigenvalue weighted by Gasteiger charge is -2.23. The number of nitrogens with zero attached hydrogens (tertiary/aromatic N) is 3. The van der Waals surface area contributed by atoms with Gasteiger partial charge in [-0.05, 0) is 43.7 Å². The number of carbonyl (C=O) groups excluding carboxylic acids is 1. The molecule has 1 fully saturated rings. The molecule has 0 saturated heterocycles. The first-order valence-electron chi connectivity index (χ1n) is 11.7. The largest absolute Gasteiger partial charge is 0.437 e. The van der Waals surface area contributed by atoms with Crippen LogP contribution in [-0.2, 0) is 10.0 Å². The fourth-order valence-corrected chi connectivity index (χ4v) is 5.08. The monoisotopic (exact) mass is 513 g/mol. The Kier molecular flexibility index (Phi) is 7.18. The Labute approximate surface area is 209 Å². The van der Waals surface area contributed by atoms with Crippen molar-refractivity contribution in [3.8, 4) is 11.3 Å². The van der Waals surface area contributed by atoms with E-state index in [1.165, 1.54) is 4.31 Å². The summed E-state index contributed by atoms with van der Waals surface area (Å²) in [5, 5.41) is 6.95. The molecule has 1 amide bonds. The topological polar surface area (TPSA) is 169 Å². The Hall–Kier alpha value is -3.64. The average molecular weight is 514 g/mol. The van der Waals surface area contributed by atoms with Gasteiger partial charge < -0.3 is 15.5 Å². The van der Waals surface area contributed by atoms with Gasteiger partial charge in [0, 0.05) is 25.6 Å². The van der Waals surface area contributed by atoms with Crippen molar-refractivity contribution in [3.05, 3.63) is 47.0 Å². The van der Waals surface area contributed by atoms with Crippen molar-refractivity contribution in [2.24, 2.45) is 16.7 Å². The summed E-state index contributed by atoms with van der Waals surface area (Å²) in [7, 11) is -2.12. The number of aromatic nitrogens is 1. The third-order valence-corrected chi connectivity index (χ3v) is 7.27. The number of hydrazone groups is 1. The van der Waals surface area contributed by atoms with E-state index in [1.54, 1.807) is 7.05 Å². The minimum atomic E-state index is -3.68. The predicted octanol–water partition coefficient (Wildman–Crippen LogP) is 2.32. The quantitative estimate of drug-likeness (QED) is 0.139. The second-order valence-corrected chi connectivity index (χ2v) is 10.9. The summed E-state index contributed by atoms with van der Waals surface area (Å²) in [6, 6.07) is 9.49. The van der Waals surface area contributed by atoms with E-state index in [0.29, 0.717) is 35.4 Å². The van der Waals surface area contributed by atoms with E-state index >= 15 is 0 Å². The molecule has 2 heterocycles. The van der Waals surface area contributed by atoms with Gasteiger partial charge in [0.1, 0.15) is 17.4 Å². The summed E-state index contributed by atoms with van der Waals surface area (Å²) in [5.74, 6) is 5.98. The zero-order valence-corrected chi connectivity index (χ0v) is 21.4. The third-order valence-electron chi connectivity index (χ3n) is 6.11. The van der Waals surface area contributed by atoms with Gasteiger partial charge in [0.25, 0.3) is 5.91 Å². The number of hydrogen-bond donors (Lipinski definition) is 4. The molecule has 1 aliphatic carbocycles. The highest BCUT2D eigenvalue weighted by molar-refractivity contribution is 7.92. The number of sulfonamides is 1. The minimum Gasteiger partial charge on any atom is -0.437 e. The number of anilines is 1. The van der Waals surface area contributed by atoms with Crippen molar-refractivity contribution in [1.82, 2.24) is 15.8 Å². The number of nitrogens with two attached hydrogens (primary N) is 2. The summed E-state index contributed by atoms with van der Waals surface area (Å²) in [6.45, 7) is 2.12. The lowest BCUT2D eigenvalue weighted by molar-refractivity contribution is 0.0964. The van der Waals surface area contributed by atoms with Gasteiger partial charge in [-0.1, -0.05) is 29.8 Å². The van der Waals surface area contributed by atoms with E-state index in [9.17, 15) is 13.2 Å². The Morgan fingerprint density at radius 1 is 1.28 bits per heavy atom. The molecule has 11 nitrogen and oxygen atoms in total. The highest BCUT2D eigenvalue weighted by Crippen LogP contribution is 2.46. The molecule has 12 heteroatoms. The van der Waals surface area contributed by atoms with E-state index in [-0.39, 0.29) is 29.9 Å². The van der Waals surface area contributed by atoms with Crippen molar-refractivity contribution in [3.63, 3.8) is 0 Å². The van der Waals surface area contributed by atoms with Gasteiger partial charge in [0.2, 0.25) is 15.7 Å². The first kappa shape index (κ1) is 25.5. The molecule has 192 valence electrons. The van der Waals surface area contributed by atoms with Crippen LogP contribution in [0.4, 0.5) is 5.82 Å². The molecule has 0 atom stereocenters. The van der Waals surface area contributed by atoms with Gasteiger partial charge in [-0.2, -0.15) is 10.1 Å². The number of carbonyl (C=O) groups is 1. The molecule has 0 aliphatic heterocycles. The molecule has 1 saturated carbocycles. The van der Waals surface area contributed by atoms with E-state index in [4.69, 9.17) is 16.0 Å². The number of nitrogens with one attached hydrogen (secondary N) is 2. The number of furan rings is 1. The van der Waals surface area contributed by atoms with Gasteiger partial charge in [-0.3, -0.25) is 9.10 Å². The van der Waals surface area contributed by atoms with Crippen molar-refractivity contribution in [1.29, 1.82) is 0 Å². The second-order valence-electron chi connectivity index (χ2n) is 8.95. The molecular weight excluding hydrogens is 482 g/mol. The molecule has 1 aliphatic rings. The number of hydrogen-bond acceptors (Lipinski definition) is 8. The van der Waals surface area contributed by atoms with E-state index < -0.39 is 10.0 Å². The first-order valence-corrected chi connectivity index (χ1v) is 13.5. The Bertz CT molecular complexity index is 1410. The maximum absolute atomic E-state index is 12.9. The Morgan fingerprint density at radius 3 is 2.56 bits per heavy atom. The lowest BCUT2D eigenvalue weighted by Crippen LogP contribution is -2.33. The maximum Gasteiger partial charge on any atom is 0.255 e. The van der Waals surface area contributed by atoms with Crippen LogP contribution in [0.15, 0.2) is 39.9 Å². The molecule has 6 N–H and O–H groups in total. The highest BCUT2D eigenvalue weighted by atomic mass is 32.2. The van der Waals surface area contributed by atoms with Crippen LogP contribution in [0.5, 0.6) is 0 Å². The molecule has 4 rings (SSSR count). The van der Waals surface area contributed by atoms with Gasteiger partial charge >= 0.3 is 0 Å². The smallest absolute Gasteiger partial charge is 0.255 e. The normalized spacial score (nSPS) is 14.2. The van der Waals surface area contributed by atoms with Crippen LogP contribution in [0.1, 0.15) is 53.1 Å². The van der Waals surface area contributed by atoms with Crippen LogP contribution >= 0.6 is 0 Å². The number of hydrazine groups is 1. The first-order chi connectivity index (χ1) is 17.1. The number of rotatable bonds is 10. The van der Waals surface area contributed by atoms with Crippen LogP contribution in [-0.4, -0.2) is 45.0 Å². The van der Waals surface area contributed by atoms with Crippen molar-refractivity contribution in [2.45, 2.75) is 38.5 Å². The van der Waals surface area contributed by atoms with Crippen LogP contribution in [0.3, 0.4) is 0 Å². The van der Waals surface area contributed by atoms with E-state index in [0.717, 1.165) is 35.8 Å². The summed E-state index contributed by atoms with van der Waals surface area (Å²) < 4.78 is 33.1. The number of amides is 1. The van der Waals surface area contributed by atoms with E-state index in [2.05, 4.69) is 20.9 Å². The SMILES string of the molecule is CNC(=O)c1c(-c2ccc(C)cc2)oc2nc(N(CCC/C(N)=N/NN)S(C)(=O)=O)c(C3CC3)cc12. The van der Waals surface area contributed by atoms with Gasteiger partial charge in [-0.25, -0.2) is 19.8 Å². The number of fused-ring (bicyclic) bond motifs is 1. The number of aryl methyl sites for hydroxylation is 1. The summed E-state index contributed by atoms with van der Waals surface area (Å²) >= 11 is 0. The van der Waals surface area contributed by atoms with Crippen LogP contribution in [0, 0.1) is 6.92 Å². The second kappa shape index (κ2) is 10.2. The molecule has 0 bridgehead atoms. The van der Waals surface area contributed by atoms with Crippen molar-refractivity contribution >= 4 is 38.7 Å². The summed E-state index contributed by atoms with van der Waals surface area (Å²) in [6.07, 6.45) is 3.72. The maximum atomic E-state index is 12.9. The standard InChI is InChI=1S/C24H31N7O4S/c1-14-6-8-16(9-7-14)21-20(23(32)27-2)18-13-17(15-10-11-15)22(28-24(18)35-21)31(36(3,33)34)12-4-5-19(25)29-30-26/h6-9,13,15,30H,4-5,10-12,26H2,1-3H3,(H2,25,29)(H,27,32). The van der Waals surface area contributed by atoms with Crippen molar-refractivity contribution < 1.29 is 17.6 Å². The van der Waals surface area contributed by atoms with Gasteiger partial charge in [0.05, 0.1) is 17.2 Å². The zero-order chi connectivity index (χ0) is 26.0. The molecule has 36 heavy (non-hydrogen) atoms. The fourth-order valence-electron chi connectivity index (χ4n) is 4.15.